The van der Waals surface area contributed by atoms with Gasteiger partial charge in [-0.25, -0.2) is 0 Å². The van der Waals surface area contributed by atoms with Crippen LogP contribution in [0.2, 0.25) is 0 Å². The van der Waals surface area contributed by atoms with Crippen LogP contribution >= 0.6 is 11.3 Å². The van der Waals surface area contributed by atoms with E-state index < -0.39 is 0 Å². The highest BCUT2D eigenvalue weighted by atomic mass is 32.1. The quantitative estimate of drug-likeness (QED) is 0.653. The Labute approximate surface area is 74.7 Å². The van der Waals surface area contributed by atoms with Crippen molar-refractivity contribution in [3.63, 3.8) is 0 Å². The molecule has 1 aromatic heterocycles. The van der Waals surface area contributed by atoms with Gasteiger partial charge >= 0.3 is 0 Å². The molecule has 0 aliphatic rings. The van der Waals surface area contributed by atoms with Crippen molar-refractivity contribution in [1.82, 2.24) is 4.98 Å². The Bertz CT molecular complexity index is 367. The first kappa shape index (κ1) is 7.31. The molecule has 0 spiro atoms. The first-order valence-electron chi connectivity index (χ1n) is 3.59. The molecule has 0 saturated carbocycles. The summed E-state index contributed by atoms with van der Waals surface area (Å²) in [6.07, 6.45) is 0. The van der Waals surface area contributed by atoms with Crippen LogP contribution in [-0.2, 0) is 0 Å². The highest BCUT2D eigenvalue weighted by molar-refractivity contribution is 7.14. The minimum Gasteiger partial charge on any atom is -0.473 e. The fourth-order valence-electron chi connectivity index (χ4n) is 1.02. The number of nitrogens with one attached hydrogen (secondary N) is 1. The van der Waals surface area contributed by atoms with E-state index in [0.29, 0.717) is 5.13 Å². The summed E-state index contributed by atoms with van der Waals surface area (Å²) in [5.74, 6) is 0. The van der Waals surface area contributed by atoms with Gasteiger partial charge in [0.15, 0.2) is 0 Å². The molecule has 1 N–H and O–H groups in total. The van der Waals surface area contributed by atoms with E-state index in [0.717, 1.165) is 11.3 Å². The average Bonchev–Trinajstić information content (AvgIpc) is 2.54. The van der Waals surface area contributed by atoms with Gasteiger partial charge in [-0.1, -0.05) is 30.3 Å². The average molecular weight is 175 g/mol. The Morgan fingerprint density at radius 3 is 2.50 bits per heavy atom. The molecule has 0 unspecified atom stereocenters. The van der Waals surface area contributed by atoms with E-state index in [9.17, 15) is 0 Å². The third-order valence-corrected chi connectivity index (χ3v) is 2.23. The van der Waals surface area contributed by atoms with Crippen LogP contribution in [-0.4, -0.2) is 4.98 Å². The molecule has 2 rings (SSSR count). The summed E-state index contributed by atoms with van der Waals surface area (Å²) in [5.41, 5.74) is 9.24. The second-order valence-corrected chi connectivity index (χ2v) is 3.26. The smallest absolute Gasteiger partial charge is 0.00566 e. The summed E-state index contributed by atoms with van der Waals surface area (Å²) in [5, 5.41) is 2.27. The van der Waals surface area contributed by atoms with Gasteiger partial charge in [-0.15, -0.1) is 0 Å². The first-order chi connectivity index (χ1) is 5.86. The lowest BCUT2D eigenvalue weighted by Gasteiger charge is -1.99. The van der Waals surface area contributed by atoms with Crippen molar-refractivity contribution >= 4 is 16.5 Å². The molecule has 0 amide bonds. The van der Waals surface area contributed by atoms with E-state index in [1.807, 2.05) is 35.7 Å². The van der Waals surface area contributed by atoms with Crippen molar-refractivity contribution in [2.24, 2.45) is 0 Å². The third-order valence-electron chi connectivity index (χ3n) is 1.57. The Kier molecular flexibility index (Phi) is 1.80. The van der Waals surface area contributed by atoms with Gasteiger partial charge in [0.1, 0.15) is 0 Å². The standard InChI is InChI=1S/C9H7N2S/c10-9-11-8(6-12-9)7-4-2-1-3-5-7/h1-6H,(H-,10,11)/q-1. The van der Waals surface area contributed by atoms with Gasteiger partial charge in [0, 0.05) is 0 Å². The molecule has 0 fully saturated rings. The molecule has 2 nitrogen and oxygen atoms in total. The van der Waals surface area contributed by atoms with Crippen molar-refractivity contribution in [1.29, 1.82) is 0 Å². The summed E-state index contributed by atoms with van der Waals surface area (Å²) in [6.45, 7) is 0. The van der Waals surface area contributed by atoms with Crippen molar-refractivity contribution < 1.29 is 0 Å². The topological polar surface area (TPSA) is 36.7 Å². The molecule has 0 aliphatic carbocycles. The van der Waals surface area contributed by atoms with Crippen LogP contribution in [0.4, 0.5) is 5.13 Å². The molecule has 3 heteroatoms. The molecule has 0 aliphatic heterocycles. The number of benzene rings is 1. The lowest BCUT2D eigenvalue weighted by molar-refractivity contribution is 1.43. The zero-order chi connectivity index (χ0) is 8.39. The number of hydrogen-bond donors (Lipinski definition) is 0. The van der Waals surface area contributed by atoms with Crippen LogP contribution in [0.25, 0.3) is 17.0 Å². The second-order valence-electron chi connectivity index (χ2n) is 2.40. The summed E-state index contributed by atoms with van der Waals surface area (Å²) in [6, 6.07) is 9.90. The number of rotatable bonds is 1. The zero-order valence-electron chi connectivity index (χ0n) is 6.32. The van der Waals surface area contributed by atoms with Crippen LogP contribution in [0.5, 0.6) is 0 Å². The van der Waals surface area contributed by atoms with Gasteiger partial charge in [-0.05, 0) is 21.8 Å². The van der Waals surface area contributed by atoms with Crippen LogP contribution < -0.4 is 0 Å². The molecule has 0 bridgehead atoms. The van der Waals surface area contributed by atoms with Crippen molar-refractivity contribution in [3.05, 3.63) is 41.4 Å². The number of thiazole rings is 1. The largest absolute Gasteiger partial charge is 0.473 e. The summed E-state index contributed by atoms with van der Waals surface area (Å²) in [4.78, 5) is 4.07. The van der Waals surface area contributed by atoms with Crippen molar-refractivity contribution in [3.8, 4) is 11.3 Å². The maximum atomic E-state index is 7.27. The summed E-state index contributed by atoms with van der Waals surface area (Å²) < 4.78 is 0. The van der Waals surface area contributed by atoms with Crippen LogP contribution in [0.15, 0.2) is 35.7 Å². The predicted octanol–water partition coefficient (Wildman–Crippen LogP) is 3.49. The third kappa shape index (κ3) is 1.31. The van der Waals surface area contributed by atoms with E-state index in [2.05, 4.69) is 4.98 Å². The number of nitrogens with zero attached hydrogens (tertiary/aromatic N) is 1. The first-order valence-corrected chi connectivity index (χ1v) is 4.47. The summed E-state index contributed by atoms with van der Waals surface area (Å²) in [7, 11) is 0. The van der Waals surface area contributed by atoms with Gasteiger partial charge in [0.2, 0.25) is 0 Å². The van der Waals surface area contributed by atoms with Gasteiger partial charge < -0.3 is 10.7 Å². The monoisotopic (exact) mass is 175 g/mol. The molecule has 12 heavy (non-hydrogen) atoms. The normalized spacial score (nSPS) is 10.0. The van der Waals surface area contributed by atoms with Gasteiger partial charge in [-0.3, -0.25) is 0 Å². The Balaban J connectivity index is 2.45. The predicted molar refractivity (Wildman–Crippen MR) is 51.5 cm³/mol. The Morgan fingerprint density at radius 1 is 1.17 bits per heavy atom. The SMILES string of the molecule is [NH-]c1nc(-c2ccccc2)cs1. The molecule has 60 valence electrons. The highest BCUT2D eigenvalue weighted by Crippen LogP contribution is 2.25. The molecule has 1 aromatic carbocycles. The Hall–Kier alpha value is -1.35. The van der Waals surface area contributed by atoms with Gasteiger partial charge in [-0.2, -0.15) is 11.3 Å². The molecular formula is C9H7N2S-. The maximum absolute atomic E-state index is 7.27. The second kappa shape index (κ2) is 2.95. The van der Waals surface area contributed by atoms with Crippen molar-refractivity contribution in [2.45, 2.75) is 0 Å². The Morgan fingerprint density at radius 2 is 1.92 bits per heavy atom. The zero-order valence-corrected chi connectivity index (χ0v) is 7.14. The fraction of sp³-hybridized carbons (Fsp3) is 0. The molecule has 2 aromatic rings. The van der Waals surface area contributed by atoms with Crippen molar-refractivity contribution in [2.75, 3.05) is 0 Å². The van der Waals surface area contributed by atoms with E-state index in [1.54, 1.807) is 0 Å². The number of hydrogen-bond acceptors (Lipinski definition) is 2. The maximum Gasteiger partial charge on any atom is -0.00566 e. The van der Waals surface area contributed by atoms with E-state index in [-0.39, 0.29) is 0 Å². The minimum atomic E-state index is 0.369. The minimum absolute atomic E-state index is 0.369. The highest BCUT2D eigenvalue weighted by Gasteiger charge is 1.92. The molecule has 1 heterocycles. The van der Waals surface area contributed by atoms with Crippen LogP contribution in [0.1, 0.15) is 0 Å². The lowest BCUT2D eigenvalue weighted by atomic mass is 10.2. The fourth-order valence-corrected chi connectivity index (χ4v) is 1.58. The number of aromatic nitrogens is 1. The van der Waals surface area contributed by atoms with E-state index >= 15 is 0 Å². The van der Waals surface area contributed by atoms with Crippen LogP contribution in [0, 0.1) is 0 Å². The van der Waals surface area contributed by atoms with Gasteiger partial charge in [0.05, 0.1) is 0 Å². The lowest BCUT2D eigenvalue weighted by Crippen LogP contribution is -1.73. The molecule has 0 radical (unpaired) electrons. The van der Waals surface area contributed by atoms with E-state index in [4.69, 9.17) is 5.73 Å². The van der Waals surface area contributed by atoms with Crippen LogP contribution in [0.3, 0.4) is 0 Å². The van der Waals surface area contributed by atoms with E-state index in [1.165, 1.54) is 11.3 Å². The molecule has 0 saturated heterocycles. The summed E-state index contributed by atoms with van der Waals surface area (Å²) >= 11 is 1.35. The van der Waals surface area contributed by atoms with Gasteiger partial charge in [0.25, 0.3) is 0 Å². The molecular weight excluding hydrogens is 168 g/mol. The molecule has 0 atom stereocenters.